The van der Waals surface area contributed by atoms with Crippen molar-refractivity contribution in [2.75, 3.05) is 12.8 Å². The quantitative estimate of drug-likeness (QED) is 0.920. The summed E-state index contributed by atoms with van der Waals surface area (Å²) in [5.41, 5.74) is 7.70. The maximum absolute atomic E-state index is 5.69. The molecule has 84 valence electrons. The number of benzene rings is 1. The molecule has 2 rings (SSSR count). The molecule has 0 fully saturated rings. The minimum absolute atomic E-state index is 0.502. The van der Waals surface area contributed by atoms with E-state index in [0.717, 1.165) is 21.5 Å². The molecule has 0 atom stereocenters. The Bertz CT molecular complexity index is 522. The van der Waals surface area contributed by atoms with E-state index >= 15 is 0 Å². The molecule has 1 aromatic carbocycles. The van der Waals surface area contributed by atoms with Gasteiger partial charge in [0.25, 0.3) is 0 Å². The van der Waals surface area contributed by atoms with E-state index in [1.165, 1.54) is 0 Å². The highest BCUT2D eigenvalue weighted by Gasteiger charge is 2.08. The van der Waals surface area contributed by atoms with E-state index in [-0.39, 0.29) is 0 Å². The molecule has 0 aliphatic heterocycles. The van der Waals surface area contributed by atoms with E-state index in [9.17, 15) is 0 Å². The van der Waals surface area contributed by atoms with Crippen LogP contribution in [-0.2, 0) is 7.05 Å². The molecule has 5 heteroatoms. The lowest BCUT2D eigenvalue weighted by Gasteiger charge is -2.07. The van der Waals surface area contributed by atoms with Gasteiger partial charge in [-0.25, -0.2) is 4.98 Å². The lowest BCUT2D eigenvalue weighted by molar-refractivity contribution is 0.412. The van der Waals surface area contributed by atoms with Gasteiger partial charge in [-0.1, -0.05) is 0 Å². The summed E-state index contributed by atoms with van der Waals surface area (Å²) in [6.45, 7) is 0. The predicted octanol–water partition coefficient (Wildman–Crippen LogP) is 2.44. The van der Waals surface area contributed by atoms with Gasteiger partial charge >= 0.3 is 0 Å². The maximum atomic E-state index is 5.69. The van der Waals surface area contributed by atoms with Gasteiger partial charge in [0, 0.05) is 12.6 Å². The molecule has 2 aromatic rings. The summed E-state index contributed by atoms with van der Waals surface area (Å²) >= 11 is 3.45. The highest BCUT2D eigenvalue weighted by molar-refractivity contribution is 9.10. The number of hydrogen-bond acceptors (Lipinski definition) is 3. The molecule has 16 heavy (non-hydrogen) atoms. The number of imidazole rings is 1. The highest BCUT2D eigenvalue weighted by atomic mass is 79.9. The first-order chi connectivity index (χ1) is 7.63. The van der Waals surface area contributed by atoms with Gasteiger partial charge in [0.15, 0.2) is 5.95 Å². The number of methoxy groups -OCH3 is 1. The molecule has 0 radical (unpaired) electrons. The third-order valence-electron chi connectivity index (χ3n) is 2.47. The van der Waals surface area contributed by atoms with E-state index in [0.29, 0.717) is 5.95 Å². The molecule has 0 spiro atoms. The van der Waals surface area contributed by atoms with E-state index in [1.807, 2.05) is 29.8 Å². The fourth-order valence-corrected chi connectivity index (χ4v) is 2.06. The van der Waals surface area contributed by atoms with Gasteiger partial charge in [0.2, 0.25) is 0 Å². The number of rotatable bonds is 2. The Balaban J connectivity index is 2.49. The smallest absolute Gasteiger partial charge is 0.200 e. The normalized spacial score (nSPS) is 10.4. The number of hydrogen-bond donors (Lipinski definition) is 1. The summed E-state index contributed by atoms with van der Waals surface area (Å²) in [4.78, 5) is 4.06. The van der Waals surface area contributed by atoms with Crippen molar-refractivity contribution in [3.8, 4) is 17.0 Å². The zero-order chi connectivity index (χ0) is 11.7. The molecule has 0 amide bonds. The molecular weight excluding hydrogens is 270 g/mol. The Morgan fingerprint density at radius 3 is 2.69 bits per heavy atom. The predicted molar refractivity (Wildman–Crippen MR) is 67.3 cm³/mol. The number of nitrogens with zero attached hydrogens (tertiary/aromatic N) is 2. The van der Waals surface area contributed by atoms with Crippen LogP contribution in [0.25, 0.3) is 11.3 Å². The van der Waals surface area contributed by atoms with Crippen LogP contribution in [0.1, 0.15) is 0 Å². The second-order valence-corrected chi connectivity index (χ2v) is 4.26. The van der Waals surface area contributed by atoms with Crippen LogP contribution < -0.4 is 10.5 Å². The number of ether oxygens (including phenoxy) is 1. The van der Waals surface area contributed by atoms with Crippen LogP contribution in [0, 0.1) is 0 Å². The fourth-order valence-electron chi connectivity index (χ4n) is 1.52. The van der Waals surface area contributed by atoms with Crippen molar-refractivity contribution in [2.45, 2.75) is 0 Å². The van der Waals surface area contributed by atoms with E-state index in [2.05, 4.69) is 20.9 Å². The van der Waals surface area contributed by atoms with Crippen molar-refractivity contribution in [1.29, 1.82) is 0 Å². The summed E-state index contributed by atoms with van der Waals surface area (Å²) in [7, 11) is 3.53. The zero-order valence-corrected chi connectivity index (χ0v) is 10.7. The first kappa shape index (κ1) is 11.0. The van der Waals surface area contributed by atoms with Crippen LogP contribution in [0.2, 0.25) is 0 Å². The molecule has 0 bridgehead atoms. The van der Waals surface area contributed by atoms with Crippen LogP contribution in [0.4, 0.5) is 5.95 Å². The first-order valence-electron chi connectivity index (χ1n) is 4.74. The number of nitrogens with two attached hydrogens (primary N) is 1. The van der Waals surface area contributed by atoms with Crippen molar-refractivity contribution >= 4 is 21.9 Å². The number of aromatic nitrogens is 2. The van der Waals surface area contributed by atoms with Crippen molar-refractivity contribution in [3.63, 3.8) is 0 Å². The molecule has 0 aliphatic rings. The summed E-state index contributed by atoms with van der Waals surface area (Å²) < 4.78 is 7.93. The monoisotopic (exact) mass is 281 g/mol. The largest absolute Gasteiger partial charge is 0.496 e. The Labute approximate surface area is 102 Å². The average Bonchev–Trinajstić information content (AvgIpc) is 2.60. The molecular formula is C11H12BrN3O. The maximum Gasteiger partial charge on any atom is 0.200 e. The van der Waals surface area contributed by atoms with Gasteiger partial charge in [0.1, 0.15) is 5.75 Å². The summed E-state index contributed by atoms with van der Waals surface area (Å²) in [6, 6.07) is 5.86. The SMILES string of the molecule is COc1ccc(-c2cnc(N)n2C)cc1Br. The standard InChI is InChI=1S/C11H12BrN3O/c1-15-9(6-14-11(15)13)7-3-4-10(16-2)8(12)5-7/h3-6H,1-2H3,(H2,13,14). The molecule has 0 saturated heterocycles. The summed E-state index contributed by atoms with van der Waals surface area (Å²) in [5, 5.41) is 0. The fraction of sp³-hybridized carbons (Fsp3) is 0.182. The number of halogens is 1. The lowest BCUT2D eigenvalue weighted by atomic mass is 10.1. The van der Waals surface area contributed by atoms with E-state index < -0.39 is 0 Å². The average molecular weight is 282 g/mol. The third kappa shape index (κ3) is 1.78. The Morgan fingerprint density at radius 2 is 2.19 bits per heavy atom. The highest BCUT2D eigenvalue weighted by Crippen LogP contribution is 2.30. The minimum atomic E-state index is 0.502. The first-order valence-corrected chi connectivity index (χ1v) is 5.54. The Morgan fingerprint density at radius 1 is 1.44 bits per heavy atom. The van der Waals surface area contributed by atoms with Crippen molar-refractivity contribution in [2.24, 2.45) is 7.05 Å². The van der Waals surface area contributed by atoms with Crippen LogP contribution in [0.5, 0.6) is 5.75 Å². The Hall–Kier alpha value is -1.49. The number of anilines is 1. The van der Waals surface area contributed by atoms with Gasteiger partial charge in [-0.2, -0.15) is 0 Å². The van der Waals surface area contributed by atoms with Crippen LogP contribution in [0.3, 0.4) is 0 Å². The van der Waals surface area contributed by atoms with Gasteiger partial charge in [-0.3, -0.25) is 0 Å². The van der Waals surface area contributed by atoms with Gasteiger partial charge in [-0.05, 0) is 34.1 Å². The van der Waals surface area contributed by atoms with Crippen LogP contribution in [-0.4, -0.2) is 16.7 Å². The minimum Gasteiger partial charge on any atom is -0.496 e. The molecule has 0 unspecified atom stereocenters. The van der Waals surface area contributed by atoms with Crippen molar-refractivity contribution < 1.29 is 4.74 Å². The van der Waals surface area contributed by atoms with E-state index in [4.69, 9.17) is 10.5 Å². The second kappa shape index (κ2) is 4.17. The lowest BCUT2D eigenvalue weighted by Crippen LogP contribution is -1.98. The molecule has 1 aromatic heterocycles. The van der Waals surface area contributed by atoms with Crippen molar-refractivity contribution in [3.05, 3.63) is 28.9 Å². The molecule has 1 heterocycles. The van der Waals surface area contributed by atoms with Crippen molar-refractivity contribution in [1.82, 2.24) is 9.55 Å². The zero-order valence-electron chi connectivity index (χ0n) is 9.07. The molecule has 2 N–H and O–H groups in total. The summed E-state index contributed by atoms with van der Waals surface area (Å²) in [5.74, 6) is 1.31. The number of nitrogen functional groups attached to an aromatic ring is 1. The van der Waals surface area contributed by atoms with E-state index in [1.54, 1.807) is 13.3 Å². The topological polar surface area (TPSA) is 53.1 Å². The molecule has 0 saturated carbocycles. The van der Waals surface area contributed by atoms with Gasteiger partial charge in [-0.15, -0.1) is 0 Å². The van der Waals surface area contributed by atoms with Crippen LogP contribution in [0.15, 0.2) is 28.9 Å². The molecule has 4 nitrogen and oxygen atoms in total. The second-order valence-electron chi connectivity index (χ2n) is 3.41. The third-order valence-corrected chi connectivity index (χ3v) is 3.09. The molecule has 0 aliphatic carbocycles. The Kier molecular flexibility index (Phi) is 2.87. The van der Waals surface area contributed by atoms with Gasteiger partial charge in [0.05, 0.1) is 23.5 Å². The summed E-state index contributed by atoms with van der Waals surface area (Å²) in [6.07, 6.45) is 1.75. The van der Waals surface area contributed by atoms with Gasteiger partial charge < -0.3 is 15.0 Å². The van der Waals surface area contributed by atoms with Crippen LogP contribution >= 0.6 is 15.9 Å².